The third-order valence-corrected chi connectivity index (χ3v) is 4.32. The third-order valence-electron chi connectivity index (χ3n) is 4.32. The molecule has 2 aliphatic rings. The average Bonchev–Trinajstić information content (AvgIpc) is 2.97. The van der Waals surface area contributed by atoms with Gasteiger partial charge in [0.1, 0.15) is 11.5 Å². The van der Waals surface area contributed by atoms with Crippen molar-refractivity contribution in [2.24, 2.45) is 0 Å². The molecule has 0 aromatic heterocycles. The molecule has 18 heavy (non-hydrogen) atoms. The number of nitrogens with one attached hydrogen (secondary N) is 1. The van der Waals surface area contributed by atoms with Gasteiger partial charge in [-0.1, -0.05) is 0 Å². The number of benzene rings is 1. The Bertz CT molecular complexity index is 471. The van der Waals surface area contributed by atoms with Gasteiger partial charge < -0.3 is 14.8 Å². The monoisotopic (exact) mass is 247 g/mol. The van der Waals surface area contributed by atoms with Crippen LogP contribution in [0, 0.1) is 6.92 Å². The van der Waals surface area contributed by atoms with Crippen molar-refractivity contribution in [2.75, 3.05) is 20.3 Å². The maximum Gasteiger partial charge on any atom is 0.128 e. The fourth-order valence-electron chi connectivity index (χ4n) is 3.13. The van der Waals surface area contributed by atoms with Crippen molar-refractivity contribution < 1.29 is 9.47 Å². The van der Waals surface area contributed by atoms with Gasteiger partial charge in [0.05, 0.1) is 13.2 Å². The molecule has 0 unspecified atom stereocenters. The second-order valence-corrected chi connectivity index (χ2v) is 5.69. The van der Waals surface area contributed by atoms with E-state index in [0.717, 1.165) is 37.6 Å². The maximum atomic E-state index is 5.93. The van der Waals surface area contributed by atoms with Crippen LogP contribution in [0.4, 0.5) is 0 Å². The molecular formula is C15H21NO2. The van der Waals surface area contributed by atoms with Crippen molar-refractivity contribution in [2.45, 2.75) is 39.2 Å². The van der Waals surface area contributed by atoms with E-state index in [1.54, 1.807) is 0 Å². The Morgan fingerprint density at radius 2 is 1.61 bits per heavy atom. The smallest absolute Gasteiger partial charge is 0.128 e. The van der Waals surface area contributed by atoms with E-state index in [1.165, 1.54) is 22.3 Å². The second-order valence-electron chi connectivity index (χ2n) is 5.69. The number of fused-ring (bicyclic) bond motifs is 2. The maximum absolute atomic E-state index is 5.93. The highest BCUT2D eigenvalue weighted by atomic mass is 16.5. The predicted octanol–water partition coefficient (Wildman–Crippen LogP) is 2.32. The molecule has 0 atom stereocenters. The van der Waals surface area contributed by atoms with Crippen LogP contribution < -0.4 is 14.8 Å². The van der Waals surface area contributed by atoms with Gasteiger partial charge in [-0.3, -0.25) is 0 Å². The van der Waals surface area contributed by atoms with Crippen molar-refractivity contribution in [3.8, 4) is 11.5 Å². The zero-order valence-electron chi connectivity index (χ0n) is 11.6. The van der Waals surface area contributed by atoms with Gasteiger partial charge in [0.15, 0.2) is 0 Å². The van der Waals surface area contributed by atoms with Crippen LogP contribution in [0.15, 0.2) is 0 Å². The topological polar surface area (TPSA) is 30.5 Å². The summed E-state index contributed by atoms with van der Waals surface area (Å²) in [6, 6.07) is 0. The van der Waals surface area contributed by atoms with E-state index in [4.69, 9.17) is 9.47 Å². The van der Waals surface area contributed by atoms with Crippen LogP contribution in [0.1, 0.15) is 36.1 Å². The average molecular weight is 247 g/mol. The first-order valence-electron chi connectivity index (χ1n) is 6.69. The Labute approximate surface area is 108 Å². The van der Waals surface area contributed by atoms with E-state index in [1.807, 2.05) is 7.05 Å². The third kappa shape index (κ3) is 1.46. The van der Waals surface area contributed by atoms with E-state index in [-0.39, 0.29) is 5.54 Å². The fourth-order valence-corrected chi connectivity index (χ4v) is 3.13. The zero-order valence-corrected chi connectivity index (χ0v) is 11.6. The lowest BCUT2D eigenvalue weighted by atomic mass is 9.84. The van der Waals surface area contributed by atoms with E-state index in [2.05, 4.69) is 26.1 Å². The molecule has 1 N–H and O–H groups in total. The molecule has 0 radical (unpaired) electrons. The van der Waals surface area contributed by atoms with Crippen molar-refractivity contribution in [1.29, 1.82) is 0 Å². The number of ether oxygens (including phenoxy) is 2. The van der Waals surface area contributed by atoms with Crippen LogP contribution in [0.2, 0.25) is 0 Å². The highest BCUT2D eigenvalue weighted by Crippen LogP contribution is 2.47. The zero-order chi connectivity index (χ0) is 12.9. The van der Waals surface area contributed by atoms with Gasteiger partial charge in [-0.2, -0.15) is 0 Å². The molecule has 2 aliphatic heterocycles. The molecule has 2 heterocycles. The molecule has 0 spiro atoms. The normalized spacial score (nSPS) is 17.1. The Morgan fingerprint density at radius 3 is 2.28 bits per heavy atom. The molecule has 0 amide bonds. The van der Waals surface area contributed by atoms with Gasteiger partial charge >= 0.3 is 0 Å². The second kappa shape index (κ2) is 3.89. The lowest BCUT2D eigenvalue weighted by Gasteiger charge is -2.29. The van der Waals surface area contributed by atoms with Gasteiger partial charge in [-0.25, -0.2) is 0 Å². The fraction of sp³-hybridized carbons (Fsp3) is 0.600. The lowest BCUT2D eigenvalue weighted by Crippen LogP contribution is -2.34. The van der Waals surface area contributed by atoms with Gasteiger partial charge in [0, 0.05) is 35.1 Å². The SMILES string of the molecule is CNC(C)(C)c1c2c(c(C)c3c1OCC3)OCC2. The highest BCUT2D eigenvalue weighted by molar-refractivity contribution is 5.63. The Kier molecular flexibility index (Phi) is 2.56. The predicted molar refractivity (Wildman–Crippen MR) is 71.7 cm³/mol. The summed E-state index contributed by atoms with van der Waals surface area (Å²) in [5.41, 5.74) is 5.18. The van der Waals surface area contributed by atoms with Crippen molar-refractivity contribution in [3.63, 3.8) is 0 Å². The first kappa shape index (κ1) is 11.8. The molecule has 3 rings (SSSR count). The summed E-state index contributed by atoms with van der Waals surface area (Å²) in [7, 11) is 2.00. The minimum absolute atomic E-state index is 0.0834. The summed E-state index contributed by atoms with van der Waals surface area (Å²) in [6.07, 6.45) is 2.00. The van der Waals surface area contributed by atoms with Gasteiger partial charge in [0.25, 0.3) is 0 Å². The van der Waals surface area contributed by atoms with Gasteiger partial charge in [0.2, 0.25) is 0 Å². The van der Waals surface area contributed by atoms with Gasteiger partial charge in [-0.15, -0.1) is 0 Å². The first-order chi connectivity index (χ1) is 8.56. The number of hydrogen-bond donors (Lipinski definition) is 1. The number of rotatable bonds is 2. The van der Waals surface area contributed by atoms with E-state index >= 15 is 0 Å². The van der Waals surface area contributed by atoms with Crippen molar-refractivity contribution >= 4 is 0 Å². The summed E-state index contributed by atoms with van der Waals surface area (Å²) >= 11 is 0. The summed E-state index contributed by atoms with van der Waals surface area (Å²) in [5.74, 6) is 2.22. The molecule has 0 fully saturated rings. The van der Waals surface area contributed by atoms with Crippen LogP contribution in [-0.4, -0.2) is 20.3 Å². The largest absolute Gasteiger partial charge is 0.493 e. The molecule has 0 saturated heterocycles. The molecular weight excluding hydrogens is 226 g/mol. The Balaban J connectivity index is 2.31. The molecule has 0 saturated carbocycles. The Morgan fingerprint density at radius 1 is 1.00 bits per heavy atom. The first-order valence-corrected chi connectivity index (χ1v) is 6.69. The number of hydrogen-bond acceptors (Lipinski definition) is 3. The molecule has 0 bridgehead atoms. The molecule has 1 aromatic carbocycles. The molecule has 1 aromatic rings. The Hall–Kier alpha value is -1.22. The molecule has 3 heteroatoms. The van der Waals surface area contributed by atoms with Crippen LogP contribution in [0.3, 0.4) is 0 Å². The summed E-state index contributed by atoms with van der Waals surface area (Å²) in [4.78, 5) is 0. The van der Waals surface area contributed by atoms with Crippen LogP contribution in [0.25, 0.3) is 0 Å². The van der Waals surface area contributed by atoms with Crippen molar-refractivity contribution in [1.82, 2.24) is 5.32 Å². The molecule has 98 valence electrons. The summed E-state index contributed by atoms with van der Waals surface area (Å²) < 4.78 is 11.8. The van der Waals surface area contributed by atoms with E-state index in [0.29, 0.717) is 0 Å². The quantitative estimate of drug-likeness (QED) is 0.870. The van der Waals surface area contributed by atoms with Crippen LogP contribution in [0.5, 0.6) is 11.5 Å². The standard InChI is InChI=1S/C15H21NO2/c1-9-10-5-7-18-14(10)12(15(2,3)16-4)11-6-8-17-13(9)11/h16H,5-8H2,1-4H3. The van der Waals surface area contributed by atoms with Crippen LogP contribution in [-0.2, 0) is 18.4 Å². The highest BCUT2D eigenvalue weighted by Gasteiger charge is 2.35. The van der Waals surface area contributed by atoms with Crippen molar-refractivity contribution in [3.05, 3.63) is 22.3 Å². The minimum atomic E-state index is -0.0834. The van der Waals surface area contributed by atoms with Crippen LogP contribution >= 0.6 is 0 Å². The molecule has 3 nitrogen and oxygen atoms in total. The molecule has 0 aliphatic carbocycles. The lowest BCUT2D eigenvalue weighted by molar-refractivity contribution is 0.336. The van der Waals surface area contributed by atoms with Gasteiger partial charge in [-0.05, 0) is 33.4 Å². The van der Waals surface area contributed by atoms with E-state index < -0.39 is 0 Å². The van der Waals surface area contributed by atoms with E-state index in [9.17, 15) is 0 Å². The minimum Gasteiger partial charge on any atom is -0.493 e. The summed E-state index contributed by atoms with van der Waals surface area (Å²) in [6.45, 7) is 8.17. The summed E-state index contributed by atoms with van der Waals surface area (Å²) in [5, 5.41) is 3.40.